The Balaban J connectivity index is 2.69. The summed E-state index contributed by atoms with van der Waals surface area (Å²) in [4.78, 5) is 8.47. The van der Waals surface area contributed by atoms with Crippen molar-refractivity contribution in [2.24, 2.45) is 0 Å². The van der Waals surface area contributed by atoms with Gasteiger partial charge in [-0.25, -0.2) is 8.42 Å². The number of hydrogen-bond donors (Lipinski definition) is 0. The number of nitrogens with zero attached hydrogens (tertiary/aromatic N) is 2. The number of sulfone groups is 1. The molecule has 0 saturated carbocycles. The van der Waals surface area contributed by atoms with E-state index in [2.05, 4.69) is 9.97 Å². The van der Waals surface area contributed by atoms with Gasteiger partial charge in [-0.05, 0) is 31.2 Å². The van der Waals surface area contributed by atoms with Crippen LogP contribution in [0.4, 0.5) is 0 Å². The lowest BCUT2D eigenvalue weighted by Gasteiger charge is -2.06. The molecule has 0 unspecified atom stereocenters. The zero-order chi connectivity index (χ0) is 12.5. The van der Waals surface area contributed by atoms with Crippen molar-refractivity contribution in [3.63, 3.8) is 0 Å². The Kier molecular flexibility index (Phi) is 2.93. The Morgan fingerprint density at radius 2 is 1.88 bits per heavy atom. The lowest BCUT2D eigenvalue weighted by atomic mass is 10.1. The van der Waals surface area contributed by atoms with Crippen LogP contribution in [-0.2, 0) is 9.84 Å². The van der Waals surface area contributed by atoms with Crippen LogP contribution in [-0.4, -0.2) is 24.6 Å². The molecule has 88 valence electrons. The van der Waals surface area contributed by atoms with Crippen molar-refractivity contribution in [1.29, 1.82) is 0 Å². The molecule has 2 aromatic heterocycles. The van der Waals surface area contributed by atoms with Crippen molar-refractivity contribution in [3.05, 3.63) is 42.4 Å². The predicted octanol–water partition coefficient (Wildman–Crippen LogP) is 1.86. The van der Waals surface area contributed by atoms with E-state index in [1.807, 2.05) is 13.0 Å². The van der Waals surface area contributed by atoms with Gasteiger partial charge in [-0.1, -0.05) is 0 Å². The molecule has 0 spiro atoms. The number of pyridine rings is 2. The van der Waals surface area contributed by atoms with E-state index >= 15 is 0 Å². The minimum atomic E-state index is -3.28. The van der Waals surface area contributed by atoms with Gasteiger partial charge in [0, 0.05) is 29.9 Å². The molecule has 4 nitrogen and oxygen atoms in total. The molecule has 2 heterocycles. The van der Waals surface area contributed by atoms with Crippen LogP contribution in [0.2, 0.25) is 0 Å². The molecule has 0 bridgehead atoms. The zero-order valence-corrected chi connectivity index (χ0v) is 10.4. The van der Waals surface area contributed by atoms with E-state index in [0.29, 0.717) is 5.69 Å². The third-order valence-electron chi connectivity index (χ3n) is 2.34. The second-order valence-electron chi connectivity index (χ2n) is 3.81. The summed E-state index contributed by atoms with van der Waals surface area (Å²) in [6.45, 7) is 1.85. The van der Waals surface area contributed by atoms with Gasteiger partial charge in [0.1, 0.15) is 0 Å². The molecule has 5 heteroatoms. The topological polar surface area (TPSA) is 59.9 Å². The first-order valence-electron chi connectivity index (χ1n) is 5.06. The second-order valence-corrected chi connectivity index (χ2v) is 5.79. The molecular weight excluding hydrogens is 236 g/mol. The van der Waals surface area contributed by atoms with Crippen molar-refractivity contribution >= 4 is 9.84 Å². The number of hydrogen-bond acceptors (Lipinski definition) is 4. The Morgan fingerprint density at radius 3 is 2.53 bits per heavy atom. The van der Waals surface area contributed by atoms with E-state index in [9.17, 15) is 8.42 Å². The van der Waals surface area contributed by atoms with Crippen LogP contribution < -0.4 is 0 Å². The minimum absolute atomic E-state index is 0.241. The lowest BCUT2D eigenvalue weighted by molar-refractivity contribution is 0.602. The van der Waals surface area contributed by atoms with Crippen LogP contribution in [0.25, 0.3) is 11.3 Å². The number of rotatable bonds is 2. The van der Waals surface area contributed by atoms with Gasteiger partial charge in [0.05, 0.1) is 10.6 Å². The van der Waals surface area contributed by atoms with Crippen LogP contribution in [0.3, 0.4) is 0 Å². The number of aryl methyl sites for hydroxylation is 1. The Labute approximate surface area is 100 Å². The molecule has 0 aromatic carbocycles. The first-order chi connectivity index (χ1) is 7.98. The molecule has 0 fully saturated rings. The van der Waals surface area contributed by atoms with Gasteiger partial charge < -0.3 is 0 Å². The fraction of sp³-hybridized carbons (Fsp3) is 0.167. The van der Waals surface area contributed by atoms with Gasteiger partial charge in [0.25, 0.3) is 0 Å². The van der Waals surface area contributed by atoms with Crippen molar-refractivity contribution in [1.82, 2.24) is 9.97 Å². The van der Waals surface area contributed by atoms with E-state index < -0.39 is 9.84 Å². The first-order valence-corrected chi connectivity index (χ1v) is 6.96. The predicted molar refractivity (Wildman–Crippen MR) is 65.3 cm³/mol. The molecule has 2 aromatic rings. The van der Waals surface area contributed by atoms with Gasteiger partial charge in [-0.2, -0.15) is 0 Å². The van der Waals surface area contributed by atoms with E-state index in [-0.39, 0.29) is 4.90 Å². The normalized spacial score (nSPS) is 11.4. The smallest absolute Gasteiger partial charge is 0.177 e. The van der Waals surface area contributed by atoms with E-state index in [4.69, 9.17) is 0 Å². The largest absolute Gasteiger partial charge is 0.262 e. The summed E-state index contributed by atoms with van der Waals surface area (Å²) in [5, 5.41) is 0. The molecule has 0 N–H and O–H groups in total. The molecule has 0 saturated heterocycles. The van der Waals surface area contributed by atoms with Gasteiger partial charge >= 0.3 is 0 Å². The number of aromatic nitrogens is 2. The highest BCUT2D eigenvalue weighted by molar-refractivity contribution is 7.90. The fourth-order valence-electron chi connectivity index (χ4n) is 1.60. The summed E-state index contributed by atoms with van der Waals surface area (Å²) < 4.78 is 23.3. The van der Waals surface area contributed by atoms with Crippen LogP contribution in [0.5, 0.6) is 0 Å². The standard InChI is InChI=1S/C12H12N2O2S/c1-9-8-10(5-7-13-9)12-11(17(2,15)16)4-3-6-14-12/h3-8H,1-2H3. The molecule has 0 atom stereocenters. The first kappa shape index (κ1) is 11.7. The zero-order valence-electron chi connectivity index (χ0n) is 9.58. The lowest BCUT2D eigenvalue weighted by Crippen LogP contribution is -2.01. The third kappa shape index (κ3) is 2.50. The Hall–Kier alpha value is -1.75. The molecule has 0 aliphatic carbocycles. The maximum absolute atomic E-state index is 11.7. The van der Waals surface area contributed by atoms with Crippen molar-refractivity contribution < 1.29 is 8.42 Å². The summed E-state index contributed by atoms with van der Waals surface area (Å²) >= 11 is 0. The van der Waals surface area contributed by atoms with Crippen molar-refractivity contribution in [3.8, 4) is 11.3 Å². The molecular formula is C12H12N2O2S. The third-order valence-corrected chi connectivity index (χ3v) is 3.47. The van der Waals surface area contributed by atoms with E-state index in [0.717, 1.165) is 11.3 Å². The molecule has 0 aliphatic rings. The van der Waals surface area contributed by atoms with Crippen molar-refractivity contribution in [2.45, 2.75) is 11.8 Å². The van der Waals surface area contributed by atoms with Crippen LogP contribution in [0.15, 0.2) is 41.6 Å². The molecule has 0 aliphatic heterocycles. The van der Waals surface area contributed by atoms with Gasteiger partial charge in [0.15, 0.2) is 9.84 Å². The summed E-state index contributed by atoms with van der Waals surface area (Å²) in [7, 11) is -3.28. The maximum atomic E-state index is 11.7. The van der Waals surface area contributed by atoms with Gasteiger partial charge in [0.2, 0.25) is 0 Å². The Bertz CT molecular complexity index is 651. The fourth-order valence-corrected chi connectivity index (χ4v) is 2.45. The summed E-state index contributed by atoms with van der Waals surface area (Å²) in [5.74, 6) is 0. The average molecular weight is 248 g/mol. The molecule has 0 radical (unpaired) electrons. The summed E-state index contributed by atoms with van der Waals surface area (Å²) in [5.41, 5.74) is 2.06. The average Bonchev–Trinajstić information content (AvgIpc) is 2.28. The van der Waals surface area contributed by atoms with E-state index in [1.165, 1.54) is 6.26 Å². The second kappa shape index (κ2) is 4.25. The van der Waals surface area contributed by atoms with Crippen LogP contribution in [0, 0.1) is 6.92 Å². The highest BCUT2D eigenvalue weighted by Crippen LogP contribution is 2.24. The molecule has 17 heavy (non-hydrogen) atoms. The monoisotopic (exact) mass is 248 g/mol. The van der Waals surface area contributed by atoms with Crippen LogP contribution in [0.1, 0.15) is 5.69 Å². The van der Waals surface area contributed by atoms with Crippen molar-refractivity contribution in [2.75, 3.05) is 6.26 Å². The van der Waals surface area contributed by atoms with Crippen LogP contribution >= 0.6 is 0 Å². The summed E-state index contributed by atoms with van der Waals surface area (Å²) in [6, 6.07) is 6.75. The molecule has 2 rings (SSSR count). The SMILES string of the molecule is Cc1cc(-c2ncccc2S(C)(=O)=O)ccn1. The molecule has 0 amide bonds. The highest BCUT2D eigenvalue weighted by Gasteiger charge is 2.15. The van der Waals surface area contributed by atoms with Gasteiger partial charge in [-0.3, -0.25) is 9.97 Å². The summed E-state index contributed by atoms with van der Waals surface area (Å²) in [6.07, 6.45) is 4.41. The minimum Gasteiger partial charge on any atom is -0.262 e. The van der Waals surface area contributed by atoms with Gasteiger partial charge in [-0.15, -0.1) is 0 Å². The maximum Gasteiger partial charge on any atom is 0.177 e. The van der Waals surface area contributed by atoms with E-state index in [1.54, 1.807) is 30.6 Å². The quantitative estimate of drug-likeness (QED) is 0.813. The Morgan fingerprint density at radius 1 is 1.12 bits per heavy atom. The highest BCUT2D eigenvalue weighted by atomic mass is 32.2.